The Hall–Kier alpha value is -2.36. The van der Waals surface area contributed by atoms with Crippen LogP contribution in [-0.2, 0) is 10.0 Å². The van der Waals surface area contributed by atoms with E-state index in [1.54, 1.807) is 0 Å². The van der Waals surface area contributed by atoms with E-state index in [-0.39, 0.29) is 11.4 Å². The van der Waals surface area contributed by atoms with Crippen molar-refractivity contribution in [3.05, 3.63) is 59.7 Å². The van der Waals surface area contributed by atoms with Crippen molar-refractivity contribution in [3.63, 3.8) is 0 Å². The monoisotopic (exact) mass is 330 g/mol. The molecular formula is C17H18N2O3S. The molecular weight excluding hydrogens is 312 g/mol. The van der Waals surface area contributed by atoms with E-state index in [1.807, 2.05) is 37.3 Å². The number of sulfonamides is 1. The highest BCUT2D eigenvalue weighted by atomic mass is 32.2. The van der Waals surface area contributed by atoms with E-state index in [4.69, 9.17) is 10.00 Å². The van der Waals surface area contributed by atoms with Crippen molar-refractivity contribution in [1.29, 1.82) is 5.26 Å². The first-order valence-corrected chi connectivity index (χ1v) is 8.69. The van der Waals surface area contributed by atoms with E-state index in [1.165, 1.54) is 24.3 Å². The quantitative estimate of drug-likeness (QED) is 0.792. The van der Waals surface area contributed by atoms with Crippen LogP contribution in [0.5, 0.6) is 5.75 Å². The zero-order valence-electron chi connectivity index (χ0n) is 12.8. The van der Waals surface area contributed by atoms with Crippen molar-refractivity contribution >= 4 is 10.0 Å². The van der Waals surface area contributed by atoms with Gasteiger partial charge in [0.25, 0.3) is 0 Å². The molecule has 5 nitrogen and oxygen atoms in total. The molecule has 0 heterocycles. The largest absolute Gasteiger partial charge is 0.494 e. The second-order valence-corrected chi connectivity index (χ2v) is 6.82. The first-order chi connectivity index (χ1) is 11.0. The Kier molecular flexibility index (Phi) is 5.74. The van der Waals surface area contributed by atoms with Crippen LogP contribution in [0.1, 0.15) is 17.5 Å². The third-order valence-corrected chi connectivity index (χ3v) is 4.64. The van der Waals surface area contributed by atoms with Gasteiger partial charge in [0, 0.05) is 6.54 Å². The van der Waals surface area contributed by atoms with Crippen LogP contribution in [0.15, 0.2) is 53.4 Å². The van der Waals surface area contributed by atoms with Gasteiger partial charge in [0.05, 0.1) is 23.1 Å². The minimum absolute atomic E-state index is 0.149. The molecule has 0 saturated heterocycles. The van der Waals surface area contributed by atoms with Gasteiger partial charge in [0.2, 0.25) is 10.0 Å². The number of aryl methyl sites for hydroxylation is 1. The molecule has 0 aromatic heterocycles. The molecule has 0 atom stereocenters. The topological polar surface area (TPSA) is 79.2 Å². The summed E-state index contributed by atoms with van der Waals surface area (Å²) in [7, 11) is -3.55. The maximum Gasteiger partial charge on any atom is 0.240 e. The molecule has 0 spiro atoms. The number of benzene rings is 2. The molecule has 0 saturated carbocycles. The fourth-order valence-corrected chi connectivity index (χ4v) is 3.04. The molecule has 6 heteroatoms. The Morgan fingerprint density at radius 3 is 2.57 bits per heavy atom. The Balaban J connectivity index is 1.79. The second kappa shape index (κ2) is 7.77. The maximum atomic E-state index is 12.1. The fraction of sp³-hybridized carbons (Fsp3) is 0.235. The molecule has 0 aliphatic carbocycles. The molecule has 0 unspecified atom stereocenters. The number of nitrogens with zero attached hydrogens (tertiary/aromatic N) is 1. The molecule has 0 radical (unpaired) electrons. The lowest BCUT2D eigenvalue weighted by Crippen LogP contribution is -2.25. The van der Waals surface area contributed by atoms with Crippen LogP contribution in [0.4, 0.5) is 0 Å². The van der Waals surface area contributed by atoms with Crippen LogP contribution in [0.2, 0.25) is 0 Å². The highest BCUT2D eigenvalue weighted by molar-refractivity contribution is 7.89. The van der Waals surface area contributed by atoms with Gasteiger partial charge >= 0.3 is 0 Å². The standard InChI is InChI=1S/C17H18N2O3S/c1-14-4-2-5-16(12-14)22-11-3-10-19-23(20,21)17-8-6-15(13-18)7-9-17/h2,4-9,12,19H,3,10-11H2,1H3. The summed E-state index contributed by atoms with van der Waals surface area (Å²) in [6, 6.07) is 15.5. The van der Waals surface area contributed by atoms with Crippen molar-refractivity contribution in [1.82, 2.24) is 4.72 Å². The Morgan fingerprint density at radius 1 is 1.17 bits per heavy atom. The van der Waals surface area contributed by atoms with E-state index in [2.05, 4.69) is 4.72 Å². The Labute approximate surface area is 136 Å². The van der Waals surface area contributed by atoms with E-state index in [9.17, 15) is 8.42 Å². The van der Waals surface area contributed by atoms with E-state index in [0.29, 0.717) is 18.6 Å². The molecule has 0 amide bonds. The predicted molar refractivity (Wildman–Crippen MR) is 87.6 cm³/mol. The smallest absolute Gasteiger partial charge is 0.240 e. The first-order valence-electron chi connectivity index (χ1n) is 7.20. The molecule has 0 aliphatic heterocycles. The Bertz CT molecular complexity index is 793. The van der Waals surface area contributed by atoms with Crippen molar-refractivity contribution in [2.75, 3.05) is 13.2 Å². The Morgan fingerprint density at radius 2 is 1.91 bits per heavy atom. The molecule has 2 aromatic carbocycles. The molecule has 0 bridgehead atoms. The van der Waals surface area contributed by atoms with Crippen LogP contribution in [0.3, 0.4) is 0 Å². The van der Waals surface area contributed by atoms with Crippen LogP contribution >= 0.6 is 0 Å². The van der Waals surface area contributed by atoms with Crippen LogP contribution in [-0.4, -0.2) is 21.6 Å². The molecule has 120 valence electrons. The average Bonchev–Trinajstić information content (AvgIpc) is 2.54. The lowest BCUT2D eigenvalue weighted by Gasteiger charge is -2.08. The summed E-state index contributed by atoms with van der Waals surface area (Å²) < 4.78 is 32.2. The number of nitriles is 1. The third-order valence-electron chi connectivity index (χ3n) is 3.17. The lowest BCUT2D eigenvalue weighted by molar-refractivity contribution is 0.311. The van der Waals surface area contributed by atoms with E-state index < -0.39 is 10.0 Å². The number of hydrogen-bond acceptors (Lipinski definition) is 4. The summed E-state index contributed by atoms with van der Waals surface area (Å²) in [5, 5.41) is 8.71. The van der Waals surface area contributed by atoms with Crippen LogP contribution in [0.25, 0.3) is 0 Å². The van der Waals surface area contributed by atoms with Crippen LogP contribution < -0.4 is 9.46 Å². The summed E-state index contributed by atoms with van der Waals surface area (Å²) in [6.07, 6.45) is 0.559. The van der Waals surface area contributed by atoms with Gasteiger partial charge < -0.3 is 4.74 Å². The number of rotatable bonds is 7. The van der Waals surface area contributed by atoms with Crippen molar-refractivity contribution < 1.29 is 13.2 Å². The SMILES string of the molecule is Cc1cccc(OCCCNS(=O)(=O)c2ccc(C#N)cc2)c1. The average molecular weight is 330 g/mol. The van der Waals surface area contributed by atoms with E-state index in [0.717, 1.165) is 11.3 Å². The summed E-state index contributed by atoms with van der Waals surface area (Å²) in [5.74, 6) is 0.778. The number of ether oxygens (including phenoxy) is 1. The van der Waals surface area contributed by atoms with E-state index >= 15 is 0 Å². The first kappa shape index (κ1) is 17.0. The molecule has 1 N–H and O–H groups in total. The third kappa shape index (κ3) is 5.09. The fourth-order valence-electron chi connectivity index (χ4n) is 1.97. The summed E-state index contributed by atoms with van der Waals surface area (Å²) >= 11 is 0. The minimum atomic E-state index is -3.55. The van der Waals surface area contributed by atoms with Gasteiger partial charge in [-0.25, -0.2) is 13.1 Å². The molecule has 0 fully saturated rings. The molecule has 23 heavy (non-hydrogen) atoms. The maximum absolute atomic E-state index is 12.1. The predicted octanol–water partition coefficient (Wildman–Crippen LogP) is 2.61. The van der Waals surface area contributed by atoms with Crippen LogP contribution in [0, 0.1) is 18.3 Å². The highest BCUT2D eigenvalue weighted by Crippen LogP contribution is 2.13. The zero-order chi connectivity index (χ0) is 16.7. The zero-order valence-corrected chi connectivity index (χ0v) is 13.6. The number of nitrogens with one attached hydrogen (secondary N) is 1. The van der Waals surface area contributed by atoms with Gasteiger partial charge in [-0.1, -0.05) is 12.1 Å². The second-order valence-electron chi connectivity index (χ2n) is 5.05. The van der Waals surface area contributed by atoms with Crippen molar-refractivity contribution in [2.45, 2.75) is 18.2 Å². The summed E-state index contributed by atoms with van der Waals surface area (Å²) in [4.78, 5) is 0.149. The summed E-state index contributed by atoms with van der Waals surface area (Å²) in [5.41, 5.74) is 1.54. The normalized spacial score (nSPS) is 11.0. The highest BCUT2D eigenvalue weighted by Gasteiger charge is 2.12. The van der Waals surface area contributed by atoms with Gasteiger partial charge in [-0.05, 0) is 55.3 Å². The van der Waals surface area contributed by atoms with Gasteiger partial charge in [-0.3, -0.25) is 0 Å². The summed E-state index contributed by atoms with van der Waals surface area (Å²) in [6.45, 7) is 2.70. The molecule has 2 rings (SSSR count). The number of hydrogen-bond donors (Lipinski definition) is 1. The van der Waals surface area contributed by atoms with Gasteiger partial charge in [-0.15, -0.1) is 0 Å². The van der Waals surface area contributed by atoms with Crippen molar-refractivity contribution in [2.24, 2.45) is 0 Å². The molecule has 0 aliphatic rings. The minimum Gasteiger partial charge on any atom is -0.494 e. The van der Waals surface area contributed by atoms with Gasteiger partial charge in [-0.2, -0.15) is 5.26 Å². The van der Waals surface area contributed by atoms with Gasteiger partial charge in [0.15, 0.2) is 0 Å². The molecule has 2 aromatic rings. The lowest BCUT2D eigenvalue weighted by atomic mass is 10.2. The van der Waals surface area contributed by atoms with Gasteiger partial charge in [0.1, 0.15) is 5.75 Å². The van der Waals surface area contributed by atoms with Crippen molar-refractivity contribution in [3.8, 4) is 11.8 Å².